The summed E-state index contributed by atoms with van der Waals surface area (Å²) in [7, 11) is -1.88. The highest BCUT2D eigenvalue weighted by atomic mass is 35.5. The number of hydrogen-bond acceptors (Lipinski definition) is 4. The van der Waals surface area contributed by atoms with E-state index in [2.05, 4.69) is 56.6 Å². The molecule has 0 bridgehead atoms. The number of hydrogen-bond donors (Lipinski definition) is 3. The van der Waals surface area contributed by atoms with Crippen LogP contribution in [0.25, 0.3) is 0 Å². The van der Waals surface area contributed by atoms with Crippen LogP contribution in [0.2, 0.25) is 23.2 Å². The number of nitrogens with one attached hydrogen (secondary N) is 2. The van der Waals surface area contributed by atoms with E-state index in [1.54, 1.807) is 18.2 Å². The van der Waals surface area contributed by atoms with Crippen molar-refractivity contribution in [1.29, 1.82) is 0 Å². The van der Waals surface area contributed by atoms with Gasteiger partial charge in [0.2, 0.25) is 8.32 Å². The lowest BCUT2D eigenvalue weighted by atomic mass is 10.2. The van der Waals surface area contributed by atoms with Gasteiger partial charge in [-0.05, 0) is 65.7 Å². The van der Waals surface area contributed by atoms with E-state index in [1.807, 2.05) is 36.4 Å². The Morgan fingerprint density at radius 1 is 0.943 bits per heavy atom. The van der Waals surface area contributed by atoms with Crippen molar-refractivity contribution in [2.75, 3.05) is 5.32 Å². The first-order valence-electron chi connectivity index (χ1n) is 11.5. The predicted octanol–water partition coefficient (Wildman–Crippen LogP) is 7.90. The van der Waals surface area contributed by atoms with Crippen molar-refractivity contribution in [2.45, 2.75) is 52.0 Å². The third kappa shape index (κ3) is 7.67. The average molecular weight is 513 g/mol. The van der Waals surface area contributed by atoms with Crippen LogP contribution in [-0.2, 0) is 13.1 Å². The van der Waals surface area contributed by atoms with Crippen molar-refractivity contribution in [3.05, 3.63) is 82.9 Å². The second-order valence-electron chi connectivity index (χ2n) is 9.91. The van der Waals surface area contributed by atoms with Gasteiger partial charge in [-0.3, -0.25) is 0 Å². The van der Waals surface area contributed by atoms with Gasteiger partial charge in [-0.15, -0.1) is 0 Å². The summed E-state index contributed by atoms with van der Waals surface area (Å²) in [5, 5.41) is 15.3. The smallest absolute Gasteiger partial charge is 0.404 e. The molecule has 186 valence electrons. The van der Waals surface area contributed by atoms with Crippen molar-refractivity contribution in [1.82, 2.24) is 5.32 Å². The fraction of sp³-hybridized carbons (Fsp3) is 0.296. The van der Waals surface area contributed by atoms with Crippen LogP contribution in [0.1, 0.15) is 31.9 Å². The molecule has 0 fully saturated rings. The summed E-state index contributed by atoms with van der Waals surface area (Å²) in [6.07, 6.45) is -1.07. The summed E-state index contributed by atoms with van der Waals surface area (Å²) in [6.45, 7) is 12.0. The first kappa shape index (κ1) is 26.4. The maximum atomic E-state index is 10.8. The van der Waals surface area contributed by atoms with E-state index < -0.39 is 14.4 Å². The normalized spacial score (nSPS) is 11.6. The number of carboxylic acid groups (broad SMARTS) is 1. The first-order chi connectivity index (χ1) is 16.4. The minimum absolute atomic E-state index is 0.143. The van der Waals surface area contributed by atoms with Gasteiger partial charge >= 0.3 is 6.09 Å². The van der Waals surface area contributed by atoms with Crippen LogP contribution in [0.15, 0.2) is 66.7 Å². The topological polar surface area (TPSA) is 79.8 Å². The zero-order valence-electron chi connectivity index (χ0n) is 20.8. The molecule has 8 heteroatoms. The number of rotatable bonds is 9. The molecule has 0 atom stereocenters. The van der Waals surface area contributed by atoms with Crippen LogP contribution >= 0.6 is 11.6 Å². The maximum absolute atomic E-state index is 10.8. The summed E-state index contributed by atoms with van der Waals surface area (Å²) >= 11 is 6.22. The SMILES string of the molecule is CC(C)(C)[Si](C)(C)Oc1ccc(CNc2ccc(Cl)cc2Oc2cccc(CNC(=O)O)c2)cc1. The summed E-state index contributed by atoms with van der Waals surface area (Å²) < 4.78 is 12.5. The highest BCUT2D eigenvalue weighted by molar-refractivity contribution is 6.74. The van der Waals surface area contributed by atoms with E-state index in [9.17, 15) is 4.79 Å². The molecule has 1 amide bonds. The first-order valence-corrected chi connectivity index (χ1v) is 14.8. The molecule has 0 aliphatic carbocycles. The van der Waals surface area contributed by atoms with Gasteiger partial charge in [0, 0.05) is 24.2 Å². The van der Waals surface area contributed by atoms with Crippen LogP contribution in [0, 0.1) is 0 Å². The van der Waals surface area contributed by atoms with Crippen molar-refractivity contribution in [3.63, 3.8) is 0 Å². The Morgan fingerprint density at radius 2 is 1.66 bits per heavy atom. The van der Waals surface area contributed by atoms with Crippen molar-refractivity contribution in [2.24, 2.45) is 0 Å². The molecule has 0 radical (unpaired) electrons. The van der Waals surface area contributed by atoms with Crippen LogP contribution < -0.4 is 19.8 Å². The molecule has 35 heavy (non-hydrogen) atoms. The lowest BCUT2D eigenvalue weighted by Crippen LogP contribution is -2.43. The van der Waals surface area contributed by atoms with Gasteiger partial charge in [0.15, 0.2) is 5.75 Å². The van der Waals surface area contributed by atoms with E-state index in [0.29, 0.717) is 23.1 Å². The monoisotopic (exact) mass is 512 g/mol. The van der Waals surface area contributed by atoms with Crippen LogP contribution in [0.5, 0.6) is 17.2 Å². The molecule has 0 aliphatic heterocycles. The summed E-state index contributed by atoms with van der Waals surface area (Å²) in [4.78, 5) is 10.8. The predicted molar refractivity (Wildman–Crippen MR) is 144 cm³/mol. The molecular formula is C27H33ClN2O4Si. The Labute approximate surface area is 213 Å². The van der Waals surface area contributed by atoms with E-state index >= 15 is 0 Å². The molecule has 0 saturated carbocycles. The molecule has 3 aromatic rings. The fourth-order valence-corrected chi connectivity index (χ4v) is 4.26. The molecule has 0 aliphatic rings. The van der Waals surface area contributed by atoms with Gasteiger partial charge in [-0.2, -0.15) is 0 Å². The Morgan fingerprint density at radius 3 is 2.31 bits per heavy atom. The van der Waals surface area contributed by atoms with Crippen molar-refractivity contribution < 1.29 is 19.1 Å². The van der Waals surface area contributed by atoms with Gasteiger partial charge in [0.1, 0.15) is 11.5 Å². The lowest BCUT2D eigenvalue weighted by molar-refractivity contribution is 0.194. The van der Waals surface area contributed by atoms with Gasteiger partial charge in [0.25, 0.3) is 0 Å². The largest absolute Gasteiger partial charge is 0.544 e. The lowest BCUT2D eigenvalue weighted by Gasteiger charge is -2.36. The minimum atomic E-state index is -1.88. The average Bonchev–Trinajstić information content (AvgIpc) is 2.77. The van der Waals surface area contributed by atoms with E-state index in [0.717, 1.165) is 22.6 Å². The molecule has 3 N–H and O–H groups in total. The fourth-order valence-electron chi connectivity index (χ4n) is 3.07. The van der Waals surface area contributed by atoms with E-state index in [1.165, 1.54) is 0 Å². The molecular weight excluding hydrogens is 480 g/mol. The maximum Gasteiger partial charge on any atom is 0.404 e. The van der Waals surface area contributed by atoms with E-state index in [4.69, 9.17) is 25.9 Å². The van der Waals surface area contributed by atoms with Gasteiger partial charge in [-0.25, -0.2) is 4.79 Å². The standard InChI is InChI=1S/C27H33ClN2O4Si/c1-27(2,3)35(4,5)34-22-12-9-19(10-13-22)17-29-24-14-11-21(28)16-25(24)33-23-8-6-7-20(15-23)18-30-26(31)32/h6-16,29-30H,17-18H2,1-5H3,(H,31,32). The number of halogens is 1. The number of carbonyl (C=O) groups is 1. The van der Waals surface area contributed by atoms with Crippen LogP contribution in [-0.4, -0.2) is 19.5 Å². The second kappa shape index (κ2) is 11.1. The highest BCUT2D eigenvalue weighted by Crippen LogP contribution is 2.37. The molecule has 6 nitrogen and oxygen atoms in total. The molecule has 0 saturated heterocycles. The van der Waals surface area contributed by atoms with Crippen LogP contribution in [0.3, 0.4) is 0 Å². The second-order valence-corrected chi connectivity index (χ2v) is 15.1. The molecule has 0 unspecified atom stereocenters. The third-order valence-corrected chi connectivity index (χ3v) is 10.7. The number of amides is 1. The summed E-state index contributed by atoms with van der Waals surface area (Å²) in [6, 6.07) is 20.9. The van der Waals surface area contributed by atoms with Gasteiger partial charge in [0.05, 0.1) is 5.69 Å². The summed E-state index contributed by atoms with van der Waals surface area (Å²) in [5.41, 5.74) is 2.70. The highest BCUT2D eigenvalue weighted by Gasteiger charge is 2.38. The van der Waals surface area contributed by atoms with Crippen molar-refractivity contribution >= 4 is 31.7 Å². The molecule has 3 rings (SSSR count). The van der Waals surface area contributed by atoms with Gasteiger partial charge < -0.3 is 24.9 Å². The molecule has 0 spiro atoms. The van der Waals surface area contributed by atoms with Gasteiger partial charge in [-0.1, -0.05) is 56.6 Å². The molecule has 0 heterocycles. The van der Waals surface area contributed by atoms with Crippen molar-refractivity contribution in [3.8, 4) is 17.2 Å². The number of ether oxygens (including phenoxy) is 1. The van der Waals surface area contributed by atoms with Crippen LogP contribution in [0.4, 0.5) is 10.5 Å². The Bertz CT molecular complexity index is 1160. The Kier molecular flexibility index (Phi) is 8.35. The zero-order chi connectivity index (χ0) is 25.6. The summed E-state index contributed by atoms with van der Waals surface area (Å²) in [5.74, 6) is 2.07. The molecule has 0 aromatic heterocycles. The zero-order valence-corrected chi connectivity index (χ0v) is 22.6. The van der Waals surface area contributed by atoms with E-state index in [-0.39, 0.29) is 11.6 Å². The molecule has 3 aromatic carbocycles. The minimum Gasteiger partial charge on any atom is -0.544 e. The quantitative estimate of drug-likeness (QED) is 0.254. The Balaban J connectivity index is 1.68. The number of anilines is 1. The third-order valence-electron chi connectivity index (χ3n) is 6.10. The number of benzene rings is 3. The Hall–Kier alpha value is -3.16.